The molecule has 1 unspecified atom stereocenters. The molecular weight excluding hydrogens is 220 g/mol. The van der Waals surface area contributed by atoms with Gasteiger partial charge in [-0.15, -0.1) is 0 Å². The van der Waals surface area contributed by atoms with Gasteiger partial charge >= 0.3 is 0 Å². The molecule has 0 saturated carbocycles. The van der Waals surface area contributed by atoms with E-state index < -0.39 is 0 Å². The summed E-state index contributed by atoms with van der Waals surface area (Å²) in [4.78, 5) is 2.59. The summed E-state index contributed by atoms with van der Waals surface area (Å²) in [6.07, 6.45) is 1.36. The van der Waals surface area contributed by atoms with Crippen molar-refractivity contribution in [3.05, 3.63) is 30.3 Å². The average molecular weight is 246 g/mol. The van der Waals surface area contributed by atoms with E-state index in [0.29, 0.717) is 5.41 Å². The number of nitrogens with one attached hydrogen (secondary N) is 1. The second-order valence-electron chi connectivity index (χ2n) is 6.45. The third-order valence-electron chi connectivity index (χ3n) is 4.03. The van der Waals surface area contributed by atoms with Crippen LogP contribution in [0, 0.1) is 11.3 Å². The molecular formula is C16H26N2. The van der Waals surface area contributed by atoms with Crippen molar-refractivity contribution in [2.45, 2.75) is 27.2 Å². The zero-order valence-corrected chi connectivity index (χ0v) is 11.9. The van der Waals surface area contributed by atoms with Crippen molar-refractivity contribution in [2.24, 2.45) is 11.3 Å². The van der Waals surface area contributed by atoms with Crippen molar-refractivity contribution in [3.63, 3.8) is 0 Å². The Morgan fingerprint density at radius 3 is 2.56 bits per heavy atom. The second kappa shape index (κ2) is 5.75. The quantitative estimate of drug-likeness (QED) is 0.875. The molecule has 1 aliphatic rings. The maximum Gasteiger partial charge on any atom is 0.0340 e. The molecule has 1 aromatic carbocycles. The van der Waals surface area contributed by atoms with E-state index in [9.17, 15) is 0 Å². The summed E-state index contributed by atoms with van der Waals surface area (Å²) >= 11 is 0. The summed E-state index contributed by atoms with van der Waals surface area (Å²) in [5.74, 6) is 0.856. The molecule has 1 fully saturated rings. The first-order valence-corrected chi connectivity index (χ1v) is 7.07. The third-order valence-corrected chi connectivity index (χ3v) is 4.03. The maximum absolute atomic E-state index is 3.48. The molecule has 0 spiro atoms. The number of hydrogen-bond donors (Lipinski definition) is 1. The molecule has 100 valence electrons. The predicted molar refractivity (Wildman–Crippen MR) is 78.9 cm³/mol. The summed E-state index contributed by atoms with van der Waals surface area (Å²) < 4.78 is 0. The van der Waals surface area contributed by atoms with E-state index in [-0.39, 0.29) is 0 Å². The fourth-order valence-corrected chi connectivity index (χ4v) is 2.66. The maximum atomic E-state index is 3.48. The average Bonchev–Trinajstić information content (AvgIpc) is 2.79. The molecule has 0 bridgehead atoms. The second-order valence-corrected chi connectivity index (χ2v) is 6.45. The molecule has 18 heavy (non-hydrogen) atoms. The van der Waals surface area contributed by atoms with Crippen molar-refractivity contribution in [1.82, 2.24) is 4.90 Å². The summed E-state index contributed by atoms with van der Waals surface area (Å²) in [6, 6.07) is 10.5. The van der Waals surface area contributed by atoms with Gasteiger partial charge in [-0.05, 0) is 36.4 Å². The third kappa shape index (κ3) is 3.74. The molecule has 0 aromatic heterocycles. The highest BCUT2D eigenvalue weighted by molar-refractivity contribution is 5.42. The molecule has 1 aromatic rings. The van der Waals surface area contributed by atoms with E-state index in [1.54, 1.807) is 0 Å². The van der Waals surface area contributed by atoms with Gasteiger partial charge in [0, 0.05) is 25.3 Å². The standard InChI is InChI=1S/C16H26N2/c1-16(2,3)14-9-11-18(13-14)12-10-17-15-7-5-4-6-8-15/h4-8,14,17H,9-13H2,1-3H3. The monoisotopic (exact) mass is 246 g/mol. The first-order chi connectivity index (χ1) is 8.55. The van der Waals surface area contributed by atoms with E-state index in [1.807, 2.05) is 0 Å². The molecule has 1 atom stereocenters. The van der Waals surface area contributed by atoms with Crippen LogP contribution < -0.4 is 5.32 Å². The van der Waals surface area contributed by atoms with Crippen LogP contribution in [0.3, 0.4) is 0 Å². The van der Waals surface area contributed by atoms with Gasteiger partial charge in [-0.2, -0.15) is 0 Å². The van der Waals surface area contributed by atoms with E-state index in [2.05, 4.69) is 61.3 Å². The van der Waals surface area contributed by atoms with Crippen LogP contribution in [0.2, 0.25) is 0 Å². The van der Waals surface area contributed by atoms with Crippen LogP contribution in [0.1, 0.15) is 27.2 Å². The van der Waals surface area contributed by atoms with Crippen molar-refractivity contribution in [1.29, 1.82) is 0 Å². The van der Waals surface area contributed by atoms with E-state index in [0.717, 1.165) is 19.0 Å². The van der Waals surface area contributed by atoms with Gasteiger partial charge in [-0.1, -0.05) is 39.0 Å². The number of rotatable bonds is 4. The van der Waals surface area contributed by atoms with Crippen LogP contribution in [0.15, 0.2) is 30.3 Å². The van der Waals surface area contributed by atoms with Gasteiger partial charge in [0.1, 0.15) is 0 Å². The smallest absolute Gasteiger partial charge is 0.0340 e. The Bertz CT molecular complexity index is 353. The normalized spacial score (nSPS) is 21.2. The Morgan fingerprint density at radius 2 is 1.94 bits per heavy atom. The van der Waals surface area contributed by atoms with Gasteiger partial charge in [0.15, 0.2) is 0 Å². The summed E-state index contributed by atoms with van der Waals surface area (Å²) in [6.45, 7) is 11.8. The summed E-state index contributed by atoms with van der Waals surface area (Å²) in [5, 5.41) is 3.48. The van der Waals surface area contributed by atoms with Crippen LogP contribution in [0.5, 0.6) is 0 Å². The summed E-state index contributed by atoms with van der Waals surface area (Å²) in [7, 11) is 0. The first-order valence-electron chi connectivity index (χ1n) is 7.07. The minimum absolute atomic E-state index is 0.460. The van der Waals surface area contributed by atoms with Gasteiger partial charge in [0.2, 0.25) is 0 Å². The number of likely N-dealkylation sites (tertiary alicyclic amines) is 1. The molecule has 1 saturated heterocycles. The summed E-state index contributed by atoms with van der Waals surface area (Å²) in [5.41, 5.74) is 1.69. The molecule has 0 radical (unpaired) electrons. The molecule has 0 amide bonds. The van der Waals surface area contributed by atoms with E-state index in [4.69, 9.17) is 0 Å². The van der Waals surface area contributed by atoms with Crippen molar-refractivity contribution >= 4 is 5.69 Å². The van der Waals surface area contributed by atoms with Crippen LogP contribution in [-0.4, -0.2) is 31.1 Å². The topological polar surface area (TPSA) is 15.3 Å². The molecule has 1 N–H and O–H groups in total. The van der Waals surface area contributed by atoms with E-state index in [1.165, 1.54) is 25.2 Å². The van der Waals surface area contributed by atoms with Gasteiger partial charge in [0.25, 0.3) is 0 Å². The minimum Gasteiger partial charge on any atom is -0.384 e. The van der Waals surface area contributed by atoms with Crippen LogP contribution >= 0.6 is 0 Å². The van der Waals surface area contributed by atoms with Gasteiger partial charge in [0.05, 0.1) is 0 Å². The molecule has 2 rings (SSSR count). The predicted octanol–water partition coefficient (Wildman–Crippen LogP) is 3.47. The number of para-hydroxylation sites is 1. The largest absolute Gasteiger partial charge is 0.384 e. The Labute approximate surface area is 111 Å². The molecule has 1 heterocycles. The lowest BCUT2D eigenvalue weighted by Gasteiger charge is -2.27. The lowest BCUT2D eigenvalue weighted by molar-refractivity contribution is 0.232. The van der Waals surface area contributed by atoms with Gasteiger partial charge in [-0.3, -0.25) is 0 Å². The lowest BCUT2D eigenvalue weighted by Crippen LogP contribution is -2.29. The molecule has 0 aliphatic carbocycles. The van der Waals surface area contributed by atoms with Crippen LogP contribution in [-0.2, 0) is 0 Å². The van der Waals surface area contributed by atoms with Crippen LogP contribution in [0.25, 0.3) is 0 Å². The Balaban J connectivity index is 1.70. The highest BCUT2D eigenvalue weighted by Gasteiger charge is 2.31. The molecule has 2 heteroatoms. The number of anilines is 1. The van der Waals surface area contributed by atoms with Gasteiger partial charge < -0.3 is 10.2 Å². The van der Waals surface area contributed by atoms with E-state index >= 15 is 0 Å². The van der Waals surface area contributed by atoms with Crippen molar-refractivity contribution in [3.8, 4) is 0 Å². The minimum atomic E-state index is 0.460. The van der Waals surface area contributed by atoms with Gasteiger partial charge in [-0.25, -0.2) is 0 Å². The number of hydrogen-bond acceptors (Lipinski definition) is 2. The fourth-order valence-electron chi connectivity index (χ4n) is 2.66. The van der Waals surface area contributed by atoms with Crippen molar-refractivity contribution in [2.75, 3.05) is 31.5 Å². The van der Waals surface area contributed by atoms with Crippen molar-refractivity contribution < 1.29 is 0 Å². The number of nitrogens with zero attached hydrogens (tertiary/aromatic N) is 1. The SMILES string of the molecule is CC(C)(C)C1CCN(CCNc2ccccc2)C1. The highest BCUT2D eigenvalue weighted by Crippen LogP contribution is 2.33. The number of benzene rings is 1. The highest BCUT2D eigenvalue weighted by atomic mass is 15.2. The zero-order valence-electron chi connectivity index (χ0n) is 11.9. The Kier molecular flexibility index (Phi) is 4.28. The molecule has 1 aliphatic heterocycles. The first kappa shape index (κ1) is 13.4. The van der Waals surface area contributed by atoms with Crippen LogP contribution in [0.4, 0.5) is 5.69 Å². The lowest BCUT2D eigenvalue weighted by atomic mass is 9.80. The Hall–Kier alpha value is -1.02. The Morgan fingerprint density at radius 1 is 1.22 bits per heavy atom. The zero-order chi connectivity index (χ0) is 13.0. The molecule has 2 nitrogen and oxygen atoms in total. The fraction of sp³-hybridized carbons (Fsp3) is 0.625.